The number of likely N-dealkylation sites (tertiary alicyclic amines) is 1. The molecule has 1 aromatic rings. The molecule has 46 heavy (non-hydrogen) atoms. The van der Waals surface area contributed by atoms with Crippen LogP contribution in [-0.4, -0.2) is 93.0 Å². The van der Waals surface area contributed by atoms with Crippen LogP contribution in [0.2, 0.25) is 0 Å². The van der Waals surface area contributed by atoms with Gasteiger partial charge < -0.3 is 29.7 Å². The van der Waals surface area contributed by atoms with Gasteiger partial charge in [-0.25, -0.2) is 0 Å². The summed E-state index contributed by atoms with van der Waals surface area (Å²) in [4.78, 5) is 58.7. The van der Waals surface area contributed by atoms with Crippen LogP contribution in [0.25, 0.3) is 0 Å². The fourth-order valence-electron chi connectivity index (χ4n) is 7.31. The summed E-state index contributed by atoms with van der Waals surface area (Å²) in [5.41, 5.74) is -0.535. The quantitative estimate of drug-likeness (QED) is 0.152. The maximum Gasteiger partial charge on any atom is 0.306 e. The maximum atomic E-state index is 14.6. The van der Waals surface area contributed by atoms with Crippen molar-refractivity contribution in [2.75, 3.05) is 19.8 Å². The Bertz CT molecular complexity index is 1290. The molecule has 2 bridgehead atoms. The average molecular weight is 703 g/mol. The number of hydrogen-bond acceptors (Lipinski definition) is 7. The third-order valence-electron chi connectivity index (χ3n) is 9.82. The third kappa shape index (κ3) is 6.69. The molecule has 3 aliphatic heterocycles. The molecule has 3 aliphatic rings. The number of ether oxygens (including phenoxy) is 2. The van der Waals surface area contributed by atoms with E-state index in [4.69, 9.17) is 9.47 Å². The summed E-state index contributed by atoms with van der Waals surface area (Å²) >= 11 is 3.73. The van der Waals surface area contributed by atoms with Crippen molar-refractivity contribution in [3.8, 4) is 0 Å². The van der Waals surface area contributed by atoms with Gasteiger partial charge in [0.2, 0.25) is 17.7 Å². The van der Waals surface area contributed by atoms with Gasteiger partial charge in [-0.2, -0.15) is 0 Å². The molecule has 1 unspecified atom stereocenters. The van der Waals surface area contributed by atoms with Crippen LogP contribution < -0.4 is 5.32 Å². The fraction of sp³-hybridized carbons (Fsp3) is 0.600. The van der Waals surface area contributed by atoms with Gasteiger partial charge in [0.15, 0.2) is 0 Å². The Balaban J connectivity index is 1.73. The molecule has 4 rings (SSSR count). The van der Waals surface area contributed by atoms with Gasteiger partial charge in [-0.3, -0.25) is 19.2 Å². The Morgan fingerprint density at radius 2 is 1.91 bits per heavy atom. The molecular weight excluding hydrogens is 654 g/mol. The number of aliphatic hydroxyl groups excluding tert-OH is 1. The zero-order valence-corrected chi connectivity index (χ0v) is 28.9. The molecule has 3 amide bonds. The van der Waals surface area contributed by atoms with Gasteiger partial charge >= 0.3 is 5.97 Å². The number of nitrogens with zero attached hydrogens (tertiary/aromatic N) is 2. The van der Waals surface area contributed by atoms with E-state index in [0.29, 0.717) is 19.3 Å². The van der Waals surface area contributed by atoms with Crippen LogP contribution in [0.5, 0.6) is 0 Å². The van der Waals surface area contributed by atoms with E-state index in [1.165, 1.54) is 4.90 Å². The monoisotopic (exact) mass is 701 g/mol. The van der Waals surface area contributed by atoms with Crippen molar-refractivity contribution in [1.82, 2.24) is 15.1 Å². The van der Waals surface area contributed by atoms with Crippen LogP contribution in [0.15, 0.2) is 55.6 Å². The summed E-state index contributed by atoms with van der Waals surface area (Å²) in [5.74, 6) is -3.46. The fourth-order valence-corrected chi connectivity index (χ4v) is 8.26. The van der Waals surface area contributed by atoms with Crippen molar-refractivity contribution in [1.29, 1.82) is 0 Å². The first-order valence-electron chi connectivity index (χ1n) is 16.2. The number of alkyl halides is 1. The zero-order chi connectivity index (χ0) is 33.8. The first-order chi connectivity index (χ1) is 22.0. The van der Waals surface area contributed by atoms with E-state index < -0.39 is 53.5 Å². The molecular formula is C35H48BrN3O7. The van der Waals surface area contributed by atoms with E-state index >= 15 is 0 Å². The van der Waals surface area contributed by atoms with Crippen molar-refractivity contribution in [3.05, 3.63) is 61.2 Å². The molecule has 9 atom stereocenters. The number of rotatable bonds is 16. The highest BCUT2D eigenvalue weighted by Gasteiger charge is 2.77. The SMILES string of the molecule is C=CCCC(=O)OC[C@@H](NC(=O)[C@@H]1[C@H]2O[C@@]3(CC2Br)[C@H](C(=O)N(CC=C)C(C)C)N([C@@H](CO)[C@@H](C)CC)C(=O)[C@@H]13)c1ccccc1. The van der Waals surface area contributed by atoms with Crippen LogP contribution in [0, 0.1) is 17.8 Å². The minimum atomic E-state index is -1.27. The summed E-state index contributed by atoms with van der Waals surface area (Å²) in [6.07, 6.45) is 4.30. The molecule has 0 aromatic heterocycles. The van der Waals surface area contributed by atoms with Crippen LogP contribution in [0.3, 0.4) is 0 Å². The Labute approximate surface area is 280 Å². The largest absolute Gasteiger partial charge is 0.463 e. The second-order valence-corrected chi connectivity index (χ2v) is 14.1. The van der Waals surface area contributed by atoms with Crippen molar-refractivity contribution in [2.45, 2.75) is 94.1 Å². The molecule has 3 heterocycles. The summed E-state index contributed by atoms with van der Waals surface area (Å²) in [6, 6.07) is 6.66. The first-order valence-corrected chi connectivity index (χ1v) is 17.2. The number of fused-ring (bicyclic) bond motifs is 1. The minimum absolute atomic E-state index is 0.0930. The number of carbonyl (C=O) groups excluding carboxylic acids is 4. The van der Waals surface area contributed by atoms with Crippen molar-refractivity contribution >= 4 is 39.6 Å². The zero-order valence-electron chi connectivity index (χ0n) is 27.3. The maximum absolute atomic E-state index is 14.6. The van der Waals surface area contributed by atoms with E-state index in [-0.39, 0.29) is 54.8 Å². The number of amides is 3. The molecule has 1 aromatic carbocycles. The molecule has 1 spiro atoms. The summed E-state index contributed by atoms with van der Waals surface area (Å²) in [6.45, 7) is 15.0. The molecule has 0 aliphatic carbocycles. The van der Waals surface area contributed by atoms with E-state index in [9.17, 15) is 24.3 Å². The highest BCUT2D eigenvalue weighted by atomic mass is 79.9. The number of nitrogens with one attached hydrogen (secondary N) is 1. The lowest BCUT2D eigenvalue weighted by Gasteiger charge is -2.41. The van der Waals surface area contributed by atoms with Crippen molar-refractivity contribution in [3.63, 3.8) is 0 Å². The van der Waals surface area contributed by atoms with E-state index in [1.54, 1.807) is 17.1 Å². The third-order valence-corrected chi connectivity index (χ3v) is 10.7. The predicted molar refractivity (Wildman–Crippen MR) is 178 cm³/mol. The average Bonchev–Trinajstić information content (AvgIpc) is 3.64. The number of aliphatic hydroxyl groups is 1. The second-order valence-electron chi connectivity index (χ2n) is 12.9. The van der Waals surface area contributed by atoms with Gasteiger partial charge in [-0.05, 0) is 38.2 Å². The second kappa shape index (κ2) is 15.3. The smallest absolute Gasteiger partial charge is 0.306 e. The molecule has 3 fully saturated rings. The topological polar surface area (TPSA) is 125 Å². The Kier molecular flexibility index (Phi) is 11.9. The van der Waals surface area contributed by atoms with Gasteiger partial charge in [-0.1, -0.05) is 78.7 Å². The van der Waals surface area contributed by atoms with E-state index in [1.807, 2.05) is 58.0 Å². The molecule has 10 nitrogen and oxygen atoms in total. The number of carbonyl (C=O) groups is 4. The Morgan fingerprint density at radius 3 is 2.50 bits per heavy atom. The van der Waals surface area contributed by atoms with Crippen molar-refractivity contribution < 1.29 is 33.8 Å². The predicted octanol–water partition coefficient (Wildman–Crippen LogP) is 3.93. The Hall–Kier alpha value is -3.02. The molecule has 2 N–H and O–H groups in total. The van der Waals surface area contributed by atoms with Gasteiger partial charge in [0.1, 0.15) is 18.2 Å². The first kappa shape index (κ1) is 35.8. The highest BCUT2D eigenvalue weighted by molar-refractivity contribution is 9.09. The molecule has 11 heteroatoms. The minimum Gasteiger partial charge on any atom is -0.463 e. The highest BCUT2D eigenvalue weighted by Crippen LogP contribution is 2.61. The summed E-state index contributed by atoms with van der Waals surface area (Å²) < 4.78 is 12.2. The molecule has 252 valence electrons. The number of esters is 1. The molecule has 0 radical (unpaired) electrons. The van der Waals surface area contributed by atoms with Gasteiger partial charge in [0.25, 0.3) is 0 Å². The summed E-state index contributed by atoms with van der Waals surface area (Å²) in [5, 5.41) is 13.7. The van der Waals surface area contributed by atoms with Gasteiger partial charge in [0, 0.05) is 23.8 Å². The lowest BCUT2D eigenvalue weighted by Crippen LogP contribution is -2.60. The van der Waals surface area contributed by atoms with Crippen LogP contribution in [0.1, 0.15) is 65.0 Å². The van der Waals surface area contributed by atoms with Crippen LogP contribution in [0.4, 0.5) is 0 Å². The number of benzene rings is 1. The summed E-state index contributed by atoms with van der Waals surface area (Å²) in [7, 11) is 0. The standard InChI is InChI=1S/C35H48BrN3O7/c1-7-10-16-27(41)45-20-25(23-14-12-11-13-15-23)37-32(42)28-29-33(43)39(26(19-40)22(6)9-3)31(34(44)38(17-8-2)21(4)5)35(29)18-24(36)30(28)46-35/h7-8,11-15,21-22,24-26,28-31,40H,1-2,9-10,16-20H2,3-6H3,(H,37,42)/t22-,24?,25+,26-,28-,29+,30-,31-,35+/m0/s1. The van der Waals surface area contributed by atoms with Crippen LogP contribution in [-0.2, 0) is 28.7 Å². The lowest BCUT2D eigenvalue weighted by molar-refractivity contribution is -0.153. The van der Waals surface area contributed by atoms with Crippen molar-refractivity contribution in [2.24, 2.45) is 17.8 Å². The Morgan fingerprint density at radius 1 is 1.22 bits per heavy atom. The number of allylic oxidation sites excluding steroid dienone is 1. The van der Waals surface area contributed by atoms with E-state index in [0.717, 1.165) is 5.56 Å². The van der Waals surface area contributed by atoms with Gasteiger partial charge in [0.05, 0.1) is 36.6 Å². The van der Waals surface area contributed by atoms with Crippen LogP contribution >= 0.6 is 15.9 Å². The normalized spacial score (nSPS) is 28.4. The molecule has 0 saturated carbocycles. The van der Waals surface area contributed by atoms with Gasteiger partial charge in [-0.15, -0.1) is 13.2 Å². The number of hydrogen-bond donors (Lipinski definition) is 2. The lowest BCUT2D eigenvalue weighted by atomic mass is 9.70. The number of halogens is 1. The van der Waals surface area contributed by atoms with E-state index in [2.05, 4.69) is 34.4 Å². The molecule has 3 saturated heterocycles.